The molecule has 3 heteroatoms. The molecule has 1 aliphatic rings. The average Bonchev–Trinajstić information content (AvgIpc) is 2.87. The number of fused-ring (bicyclic) bond motifs is 1. The number of pyridine rings is 1. The number of anilines is 1. The number of carbonyl (C=O) groups is 1. The summed E-state index contributed by atoms with van der Waals surface area (Å²) in [5.41, 5.74) is 3.37. The predicted octanol–water partition coefficient (Wildman–Crippen LogP) is 3.93. The topological polar surface area (TPSA) is 33.2 Å². The molecule has 0 spiro atoms. The molecule has 1 aliphatic heterocycles. The normalized spacial score (nSPS) is 19.4. The zero-order valence-corrected chi connectivity index (χ0v) is 13.5. The summed E-state index contributed by atoms with van der Waals surface area (Å²) in [6, 6.07) is 22.0. The maximum atomic E-state index is 13.4. The van der Waals surface area contributed by atoms with E-state index in [1.807, 2.05) is 78.6 Å². The first kappa shape index (κ1) is 14.6. The molecule has 1 aromatic heterocycles. The predicted molar refractivity (Wildman–Crippen MR) is 94.8 cm³/mol. The van der Waals surface area contributed by atoms with Crippen molar-refractivity contribution in [2.24, 2.45) is 0 Å². The Morgan fingerprint density at radius 1 is 0.958 bits per heavy atom. The molecule has 0 N–H and O–H groups in total. The van der Waals surface area contributed by atoms with Crippen LogP contribution in [0.1, 0.15) is 23.6 Å². The van der Waals surface area contributed by atoms with Crippen molar-refractivity contribution >= 4 is 11.6 Å². The highest BCUT2D eigenvalue weighted by molar-refractivity contribution is 6.09. The number of hydrogen-bond donors (Lipinski definition) is 0. The van der Waals surface area contributed by atoms with Gasteiger partial charge in [-0.05, 0) is 29.7 Å². The van der Waals surface area contributed by atoms with Crippen LogP contribution in [-0.2, 0) is 16.8 Å². The van der Waals surface area contributed by atoms with Gasteiger partial charge in [0.25, 0.3) is 0 Å². The zero-order valence-electron chi connectivity index (χ0n) is 13.5. The van der Waals surface area contributed by atoms with Gasteiger partial charge in [0.05, 0.1) is 23.8 Å². The van der Waals surface area contributed by atoms with E-state index in [1.165, 1.54) is 0 Å². The van der Waals surface area contributed by atoms with Gasteiger partial charge < -0.3 is 4.90 Å². The van der Waals surface area contributed by atoms with Crippen LogP contribution in [0.15, 0.2) is 79.1 Å². The minimum Gasteiger partial charge on any atom is -0.305 e. The maximum Gasteiger partial charge on any atom is 0.242 e. The fourth-order valence-corrected chi connectivity index (χ4v) is 3.49. The Kier molecular flexibility index (Phi) is 3.42. The van der Waals surface area contributed by atoms with E-state index in [0.29, 0.717) is 6.54 Å². The third-order valence-electron chi connectivity index (χ3n) is 4.84. The fraction of sp³-hybridized carbons (Fsp3) is 0.143. The minimum atomic E-state index is -0.672. The highest BCUT2D eigenvalue weighted by Gasteiger charge is 2.48. The van der Waals surface area contributed by atoms with Crippen LogP contribution in [0.4, 0.5) is 5.69 Å². The molecule has 0 aliphatic carbocycles. The number of nitrogens with zero attached hydrogens (tertiary/aromatic N) is 2. The van der Waals surface area contributed by atoms with E-state index < -0.39 is 5.41 Å². The fourth-order valence-electron chi connectivity index (χ4n) is 3.49. The number of amides is 1. The molecule has 0 fully saturated rings. The number of aromatic nitrogens is 1. The summed E-state index contributed by atoms with van der Waals surface area (Å²) in [4.78, 5) is 19.5. The standard InChI is InChI=1S/C21H18N2O/c1-21(17-10-6-3-7-11-17)18-12-13-22-14-19(18)23(20(21)24)15-16-8-4-2-5-9-16/h2-14H,15H2,1H3. The van der Waals surface area contributed by atoms with Crippen LogP contribution in [-0.4, -0.2) is 10.9 Å². The summed E-state index contributed by atoms with van der Waals surface area (Å²) < 4.78 is 0. The quantitative estimate of drug-likeness (QED) is 0.734. The third-order valence-corrected chi connectivity index (χ3v) is 4.84. The van der Waals surface area contributed by atoms with E-state index in [9.17, 15) is 4.79 Å². The molecule has 0 radical (unpaired) electrons. The zero-order chi connectivity index (χ0) is 16.6. The third kappa shape index (κ3) is 2.13. The van der Waals surface area contributed by atoms with Gasteiger partial charge in [-0.2, -0.15) is 0 Å². The Morgan fingerprint density at radius 2 is 1.62 bits per heavy atom. The lowest BCUT2D eigenvalue weighted by Crippen LogP contribution is -2.38. The van der Waals surface area contributed by atoms with Gasteiger partial charge in [0, 0.05) is 6.20 Å². The van der Waals surface area contributed by atoms with Gasteiger partial charge in [0.1, 0.15) is 0 Å². The Labute approximate surface area is 141 Å². The molecule has 2 aromatic carbocycles. The smallest absolute Gasteiger partial charge is 0.242 e. The van der Waals surface area contributed by atoms with Crippen molar-refractivity contribution in [2.75, 3.05) is 4.90 Å². The molecular formula is C21H18N2O. The van der Waals surface area contributed by atoms with Crippen molar-refractivity contribution in [3.05, 3.63) is 95.8 Å². The van der Waals surface area contributed by atoms with Crippen molar-refractivity contribution in [1.82, 2.24) is 4.98 Å². The molecule has 2 heterocycles. The van der Waals surface area contributed by atoms with Crippen LogP contribution in [0.3, 0.4) is 0 Å². The lowest BCUT2D eigenvalue weighted by molar-refractivity contribution is -0.121. The molecule has 24 heavy (non-hydrogen) atoms. The average molecular weight is 314 g/mol. The molecule has 118 valence electrons. The Hall–Kier alpha value is -2.94. The lowest BCUT2D eigenvalue weighted by atomic mass is 9.77. The second-order valence-electron chi connectivity index (χ2n) is 6.26. The number of carbonyl (C=O) groups excluding carboxylic acids is 1. The number of hydrogen-bond acceptors (Lipinski definition) is 2. The van der Waals surface area contributed by atoms with Crippen molar-refractivity contribution in [1.29, 1.82) is 0 Å². The summed E-state index contributed by atoms with van der Waals surface area (Å²) in [5, 5.41) is 0. The van der Waals surface area contributed by atoms with E-state index in [2.05, 4.69) is 4.98 Å². The van der Waals surface area contributed by atoms with E-state index >= 15 is 0 Å². The van der Waals surface area contributed by atoms with Crippen molar-refractivity contribution in [2.45, 2.75) is 18.9 Å². The van der Waals surface area contributed by atoms with E-state index in [4.69, 9.17) is 0 Å². The first-order valence-electron chi connectivity index (χ1n) is 8.07. The van der Waals surface area contributed by atoms with Gasteiger partial charge in [0.15, 0.2) is 0 Å². The summed E-state index contributed by atoms with van der Waals surface area (Å²) >= 11 is 0. The molecule has 1 atom stereocenters. The Balaban J connectivity index is 1.83. The van der Waals surface area contributed by atoms with Crippen LogP contribution >= 0.6 is 0 Å². The molecule has 3 aromatic rings. The van der Waals surface area contributed by atoms with Gasteiger partial charge in [-0.25, -0.2) is 0 Å². The molecule has 3 nitrogen and oxygen atoms in total. The Bertz CT molecular complexity index is 877. The van der Waals surface area contributed by atoms with Crippen LogP contribution in [0.25, 0.3) is 0 Å². The summed E-state index contributed by atoms with van der Waals surface area (Å²) in [7, 11) is 0. The largest absolute Gasteiger partial charge is 0.305 e. The van der Waals surface area contributed by atoms with Gasteiger partial charge in [0.2, 0.25) is 5.91 Å². The van der Waals surface area contributed by atoms with E-state index in [0.717, 1.165) is 22.4 Å². The molecule has 0 saturated carbocycles. The van der Waals surface area contributed by atoms with Gasteiger partial charge in [-0.15, -0.1) is 0 Å². The van der Waals surface area contributed by atoms with Crippen molar-refractivity contribution in [3.8, 4) is 0 Å². The second-order valence-corrected chi connectivity index (χ2v) is 6.26. The SMILES string of the molecule is CC1(c2ccccc2)C(=O)N(Cc2ccccc2)c2cnccc21. The van der Waals surface area contributed by atoms with Crippen LogP contribution < -0.4 is 4.90 Å². The molecule has 0 saturated heterocycles. The van der Waals surface area contributed by atoms with Gasteiger partial charge in [-0.3, -0.25) is 9.78 Å². The van der Waals surface area contributed by atoms with Crippen molar-refractivity contribution < 1.29 is 4.79 Å². The van der Waals surface area contributed by atoms with Gasteiger partial charge in [-0.1, -0.05) is 60.7 Å². The molecular weight excluding hydrogens is 296 g/mol. The number of rotatable bonds is 3. The summed E-state index contributed by atoms with van der Waals surface area (Å²) in [5.74, 6) is 0.0977. The van der Waals surface area contributed by atoms with Crippen LogP contribution in [0.2, 0.25) is 0 Å². The lowest BCUT2D eigenvalue weighted by Gasteiger charge is -2.25. The molecule has 0 bridgehead atoms. The number of benzene rings is 2. The highest BCUT2D eigenvalue weighted by atomic mass is 16.2. The second kappa shape index (κ2) is 5.60. The molecule has 4 rings (SSSR count). The summed E-state index contributed by atoms with van der Waals surface area (Å²) in [6.45, 7) is 2.56. The first-order chi connectivity index (χ1) is 11.7. The molecule has 1 unspecified atom stereocenters. The van der Waals surface area contributed by atoms with Gasteiger partial charge >= 0.3 is 0 Å². The first-order valence-corrected chi connectivity index (χ1v) is 8.07. The van der Waals surface area contributed by atoms with Crippen LogP contribution in [0, 0.1) is 0 Å². The molecule has 1 amide bonds. The summed E-state index contributed by atoms with van der Waals surface area (Å²) in [6.07, 6.45) is 3.56. The van der Waals surface area contributed by atoms with Crippen molar-refractivity contribution in [3.63, 3.8) is 0 Å². The highest BCUT2D eigenvalue weighted by Crippen LogP contribution is 2.45. The van der Waals surface area contributed by atoms with Crippen LogP contribution in [0.5, 0.6) is 0 Å². The maximum absolute atomic E-state index is 13.4. The van der Waals surface area contributed by atoms with E-state index in [-0.39, 0.29) is 5.91 Å². The monoisotopic (exact) mass is 314 g/mol. The Morgan fingerprint density at radius 3 is 2.33 bits per heavy atom. The minimum absolute atomic E-state index is 0.0977. The van der Waals surface area contributed by atoms with E-state index in [1.54, 1.807) is 12.4 Å².